The number of hydrogen-bond acceptors (Lipinski definition) is 3. The Hall–Kier alpha value is -4.37. The number of para-hydroxylation sites is 2. The Labute approximate surface area is 186 Å². The number of nitrogens with zero attached hydrogens (tertiary/aromatic N) is 1. The smallest absolute Gasteiger partial charge is 0.336 e. The van der Waals surface area contributed by atoms with Crippen molar-refractivity contribution in [1.29, 1.82) is 0 Å². The molecule has 3 nitrogen and oxygen atoms in total. The maximum Gasteiger partial charge on any atom is 0.336 e. The molecule has 0 radical (unpaired) electrons. The van der Waals surface area contributed by atoms with Gasteiger partial charge in [0.05, 0.1) is 0 Å². The monoisotopic (exact) mass is 415 g/mol. The summed E-state index contributed by atoms with van der Waals surface area (Å²) in [6.07, 6.45) is 4.08. The van der Waals surface area contributed by atoms with E-state index in [0.29, 0.717) is 5.58 Å². The molecule has 5 rings (SSSR count). The summed E-state index contributed by atoms with van der Waals surface area (Å²) < 4.78 is 5.29. The first-order valence-corrected chi connectivity index (χ1v) is 10.5. The topological polar surface area (TPSA) is 33.5 Å². The molecule has 0 aliphatic heterocycles. The first-order chi connectivity index (χ1) is 15.8. The van der Waals surface area contributed by atoms with Crippen LogP contribution in [0.4, 0.5) is 17.1 Å². The van der Waals surface area contributed by atoms with E-state index in [1.54, 1.807) is 6.07 Å². The van der Waals surface area contributed by atoms with Crippen LogP contribution >= 0.6 is 0 Å². The molecular weight excluding hydrogens is 394 g/mol. The maximum absolute atomic E-state index is 11.5. The Morgan fingerprint density at radius 2 is 1.09 bits per heavy atom. The highest BCUT2D eigenvalue weighted by atomic mass is 16.4. The first kappa shape index (κ1) is 19.6. The summed E-state index contributed by atoms with van der Waals surface area (Å²) in [5.74, 6) is 0. The summed E-state index contributed by atoms with van der Waals surface area (Å²) in [6.45, 7) is 0. The van der Waals surface area contributed by atoms with Gasteiger partial charge in [-0.1, -0.05) is 72.8 Å². The van der Waals surface area contributed by atoms with Crippen molar-refractivity contribution in [3.63, 3.8) is 0 Å². The molecule has 0 saturated heterocycles. The minimum atomic E-state index is -0.337. The average Bonchev–Trinajstić information content (AvgIpc) is 2.85. The van der Waals surface area contributed by atoms with E-state index in [-0.39, 0.29) is 5.63 Å². The van der Waals surface area contributed by atoms with Gasteiger partial charge >= 0.3 is 5.63 Å². The molecule has 1 aromatic heterocycles. The molecule has 0 bridgehead atoms. The SMILES string of the molecule is O=c1ccc2ccc(/C=C/c3ccc(N(c4ccccc4)c4ccccc4)cc3)cc2o1. The third kappa shape index (κ3) is 4.23. The fraction of sp³-hybridized carbons (Fsp3) is 0. The standard InChI is InChI=1S/C29H21NO2/c31-29-20-17-24-16-13-23(21-28(24)32-29)12-11-22-14-18-27(19-15-22)30(25-7-3-1-4-8-25)26-9-5-2-6-10-26/h1-21H/b12-11+. The molecular formula is C29H21NO2. The Kier molecular flexibility index (Phi) is 5.38. The van der Waals surface area contributed by atoms with E-state index in [4.69, 9.17) is 4.42 Å². The molecule has 0 aliphatic carbocycles. The van der Waals surface area contributed by atoms with Gasteiger partial charge in [0.2, 0.25) is 0 Å². The van der Waals surface area contributed by atoms with Gasteiger partial charge < -0.3 is 9.32 Å². The predicted octanol–water partition coefficient (Wildman–Crippen LogP) is 7.43. The largest absolute Gasteiger partial charge is 0.423 e. The van der Waals surface area contributed by atoms with Crippen molar-refractivity contribution in [1.82, 2.24) is 0 Å². The lowest BCUT2D eigenvalue weighted by Gasteiger charge is -2.25. The van der Waals surface area contributed by atoms with E-state index in [9.17, 15) is 4.79 Å². The summed E-state index contributed by atoms with van der Waals surface area (Å²) >= 11 is 0. The van der Waals surface area contributed by atoms with Crippen molar-refractivity contribution in [2.75, 3.05) is 4.90 Å². The molecule has 0 atom stereocenters. The third-order valence-electron chi connectivity index (χ3n) is 5.30. The molecule has 0 amide bonds. The molecule has 0 spiro atoms. The van der Waals surface area contributed by atoms with Crippen LogP contribution in [0.1, 0.15) is 11.1 Å². The lowest BCUT2D eigenvalue weighted by molar-refractivity contribution is 0.561. The van der Waals surface area contributed by atoms with Gasteiger partial charge in [-0.3, -0.25) is 0 Å². The van der Waals surface area contributed by atoms with Crippen LogP contribution in [-0.4, -0.2) is 0 Å². The summed E-state index contributed by atoms with van der Waals surface area (Å²) in [6, 6.07) is 38.2. The van der Waals surface area contributed by atoms with Crippen molar-refractivity contribution in [3.8, 4) is 0 Å². The van der Waals surface area contributed by atoms with E-state index >= 15 is 0 Å². The number of anilines is 3. The van der Waals surface area contributed by atoms with Gasteiger partial charge in [0.15, 0.2) is 0 Å². The van der Waals surface area contributed by atoms with E-state index in [2.05, 4.69) is 59.5 Å². The van der Waals surface area contributed by atoms with E-state index < -0.39 is 0 Å². The predicted molar refractivity (Wildman–Crippen MR) is 133 cm³/mol. The fourth-order valence-corrected chi connectivity index (χ4v) is 3.71. The van der Waals surface area contributed by atoms with Gasteiger partial charge in [-0.25, -0.2) is 4.79 Å². The van der Waals surface area contributed by atoms with Crippen molar-refractivity contribution < 1.29 is 4.42 Å². The van der Waals surface area contributed by atoms with Crippen molar-refractivity contribution in [3.05, 3.63) is 137 Å². The van der Waals surface area contributed by atoms with Crippen LogP contribution in [0, 0.1) is 0 Å². The maximum atomic E-state index is 11.5. The lowest BCUT2D eigenvalue weighted by atomic mass is 10.1. The van der Waals surface area contributed by atoms with Gasteiger partial charge in [0.25, 0.3) is 0 Å². The summed E-state index contributed by atoms with van der Waals surface area (Å²) in [7, 11) is 0. The number of benzene rings is 4. The molecule has 0 fully saturated rings. The van der Waals surface area contributed by atoms with Crippen LogP contribution in [0.25, 0.3) is 23.1 Å². The van der Waals surface area contributed by atoms with E-state index in [1.165, 1.54) is 6.07 Å². The molecule has 0 aliphatic rings. The second-order valence-corrected chi connectivity index (χ2v) is 7.48. The molecule has 0 saturated carbocycles. The van der Waals surface area contributed by atoms with Gasteiger partial charge in [-0.15, -0.1) is 0 Å². The van der Waals surface area contributed by atoms with Crippen molar-refractivity contribution in [2.24, 2.45) is 0 Å². The molecule has 5 aromatic rings. The van der Waals surface area contributed by atoms with Gasteiger partial charge in [0, 0.05) is 28.5 Å². The van der Waals surface area contributed by atoms with Gasteiger partial charge in [-0.05, 0) is 59.7 Å². The quantitative estimate of drug-likeness (QED) is 0.221. The second-order valence-electron chi connectivity index (χ2n) is 7.48. The zero-order valence-corrected chi connectivity index (χ0v) is 17.4. The number of fused-ring (bicyclic) bond motifs is 1. The molecule has 3 heteroatoms. The first-order valence-electron chi connectivity index (χ1n) is 10.5. The van der Waals surface area contributed by atoms with Gasteiger partial charge in [0.1, 0.15) is 5.58 Å². The average molecular weight is 415 g/mol. The number of hydrogen-bond donors (Lipinski definition) is 0. The molecule has 1 heterocycles. The molecule has 4 aromatic carbocycles. The Balaban J connectivity index is 1.43. The Morgan fingerprint density at radius 3 is 1.75 bits per heavy atom. The zero-order valence-electron chi connectivity index (χ0n) is 17.4. The fourth-order valence-electron chi connectivity index (χ4n) is 3.71. The Morgan fingerprint density at radius 1 is 0.562 bits per heavy atom. The highest BCUT2D eigenvalue weighted by Crippen LogP contribution is 2.34. The lowest BCUT2D eigenvalue weighted by Crippen LogP contribution is -2.09. The van der Waals surface area contributed by atoms with E-state index in [1.807, 2.05) is 60.7 Å². The second kappa shape index (κ2) is 8.78. The van der Waals surface area contributed by atoms with Crippen LogP contribution in [0.5, 0.6) is 0 Å². The molecule has 0 unspecified atom stereocenters. The highest BCUT2D eigenvalue weighted by molar-refractivity contribution is 5.82. The normalized spacial score (nSPS) is 11.1. The van der Waals surface area contributed by atoms with Gasteiger partial charge in [-0.2, -0.15) is 0 Å². The van der Waals surface area contributed by atoms with Crippen LogP contribution in [0.15, 0.2) is 124 Å². The summed E-state index contributed by atoms with van der Waals surface area (Å²) in [5.41, 5.74) is 5.63. The highest BCUT2D eigenvalue weighted by Gasteiger charge is 2.11. The van der Waals surface area contributed by atoms with Crippen LogP contribution in [0.3, 0.4) is 0 Å². The molecule has 0 N–H and O–H groups in total. The van der Waals surface area contributed by atoms with Crippen molar-refractivity contribution in [2.45, 2.75) is 0 Å². The van der Waals surface area contributed by atoms with Crippen LogP contribution in [0.2, 0.25) is 0 Å². The molecule has 32 heavy (non-hydrogen) atoms. The molecule has 154 valence electrons. The van der Waals surface area contributed by atoms with Crippen LogP contribution < -0.4 is 10.5 Å². The summed E-state index contributed by atoms with van der Waals surface area (Å²) in [5, 5.41) is 0.910. The summed E-state index contributed by atoms with van der Waals surface area (Å²) in [4.78, 5) is 13.7. The third-order valence-corrected chi connectivity index (χ3v) is 5.30. The zero-order chi connectivity index (χ0) is 21.8. The minimum Gasteiger partial charge on any atom is -0.423 e. The number of rotatable bonds is 5. The minimum absolute atomic E-state index is 0.337. The van der Waals surface area contributed by atoms with Crippen LogP contribution in [-0.2, 0) is 0 Å². The van der Waals surface area contributed by atoms with E-state index in [0.717, 1.165) is 33.6 Å². The Bertz CT molecular complexity index is 1380. The van der Waals surface area contributed by atoms with Crippen molar-refractivity contribution >= 4 is 40.2 Å².